The molecule has 23 heavy (non-hydrogen) atoms. The lowest BCUT2D eigenvalue weighted by molar-refractivity contribution is -0.118. The predicted octanol–water partition coefficient (Wildman–Crippen LogP) is 2.39. The molecular formula is C16H19N3O2S2. The van der Waals surface area contributed by atoms with Crippen molar-refractivity contribution in [1.82, 2.24) is 10.3 Å². The van der Waals surface area contributed by atoms with Crippen LogP contribution in [0, 0.1) is 0 Å². The highest BCUT2D eigenvalue weighted by molar-refractivity contribution is 8.01. The third-order valence-corrected chi connectivity index (χ3v) is 5.61. The van der Waals surface area contributed by atoms with E-state index in [0.29, 0.717) is 12.3 Å². The minimum Gasteiger partial charge on any atom is -0.378 e. The molecular weight excluding hydrogens is 330 g/mol. The Balaban J connectivity index is 1.43. The monoisotopic (exact) mass is 349 g/mol. The van der Waals surface area contributed by atoms with Gasteiger partial charge in [0.2, 0.25) is 5.91 Å². The van der Waals surface area contributed by atoms with Crippen molar-refractivity contribution in [2.75, 3.05) is 37.0 Å². The lowest BCUT2D eigenvalue weighted by Crippen LogP contribution is -2.36. The van der Waals surface area contributed by atoms with Gasteiger partial charge in [-0.15, -0.1) is 23.1 Å². The van der Waals surface area contributed by atoms with Gasteiger partial charge in [0.15, 0.2) is 0 Å². The average molecular weight is 349 g/mol. The number of pyridine rings is 1. The zero-order chi connectivity index (χ0) is 15.9. The number of anilines is 1. The Morgan fingerprint density at radius 2 is 2.22 bits per heavy atom. The van der Waals surface area contributed by atoms with E-state index in [1.807, 2.05) is 35.8 Å². The summed E-state index contributed by atoms with van der Waals surface area (Å²) in [7, 11) is 0. The quantitative estimate of drug-likeness (QED) is 0.812. The summed E-state index contributed by atoms with van der Waals surface area (Å²) in [5.74, 6) is 1.46. The number of hydrogen-bond acceptors (Lipinski definition) is 6. The number of thiophene rings is 1. The SMILES string of the molecule is O=C(CSc1cccs1)NCc1ccc(N2CCOCC2)nc1. The van der Waals surface area contributed by atoms with Crippen LogP contribution >= 0.6 is 23.1 Å². The number of morpholine rings is 1. The molecule has 7 heteroatoms. The van der Waals surface area contributed by atoms with Crippen LogP contribution in [0.15, 0.2) is 40.1 Å². The van der Waals surface area contributed by atoms with Crippen LogP contribution in [0.5, 0.6) is 0 Å². The minimum atomic E-state index is 0.0423. The van der Waals surface area contributed by atoms with Crippen LogP contribution in [0.3, 0.4) is 0 Å². The van der Waals surface area contributed by atoms with E-state index in [9.17, 15) is 4.79 Å². The Kier molecular flexibility index (Phi) is 5.90. The van der Waals surface area contributed by atoms with Crippen LogP contribution < -0.4 is 10.2 Å². The van der Waals surface area contributed by atoms with E-state index >= 15 is 0 Å². The molecule has 1 aliphatic heterocycles. The van der Waals surface area contributed by atoms with Gasteiger partial charge in [-0.05, 0) is 23.1 Å². The molecule has 3 rings (SSSR count). The van der Waals surface area contributed by atoms with E-state index in [1.165, 1.54) is 0 Å². The lowest BCUT2D eigenvalue weighted by atomic mass is 10.2. The van der Waals surface area contributed by atoms with Crippen molar-refractivity contribution < 1.29 is 9.53 Å². The molecule has 3 heterocycles. The van der Waals surface area contributed by atoms with Gasteiger partial charge in [-0.2, -0.15) is 0 Å². The first-order valence-electron chi connectivity index (χ1n) is 7.52. The van der Waals surface area contributed by atoms with Gasteiger partial charge in [-0.1, -0.05) is 12.1 Å². The summed E-state index contributed by atoms with van der Waals surface area (Å²) in [4.78, 5) is 18.6. The number of ether oxygens (including phenoxy) is 1. The zero-order valence-electron chi connectivity index (χ0n) is 12.7. The van der Waals surface area contributed by atoms with E-state index in [2.05, 4.69) is 15.2 Å². The van der Waals surface area contributed by atoms with E-state index in [-0.39, 0.29) is 5.91 Å². The number of hydrogen-bond donors (Lipinski definition) is 1. The van der Waals surface area contributed by atoms with Crippen LogP contribution in [0.1, 0.15) is 5.56 Å². The standard InChI is InChI=1S/C16H19N3O2S2/c20-15(12-23-16-2-1-9-22-16)18-11-13-3-4-14(17-10-13)19-5-7-21-8-6-19/h1-4,9-10H,5-8,11-12H2,(H,18,20). The molecule has 2 aromatic heterocycles. The summed E-state index contributed by atoms with van der Waals surface area (Å²) >= 11 is 3.22. The van der Waals surface area contributed by atoms with E-state index in [4.69, 9.17) is 4.74 Å². The molecule has 0 atom stereocenters. The van der Waals surface area contributed by atoms with E-state index in [1.54, 1.807) is 23.1 Å². The number of carbonyl (C=O) groups excluding carboxylic acids is 1. The highest BCUT2D eigenvalue weighted by Gasteiger charge is 2.12. The number of thioether (sulfide) groups is 1. The number of nitrogens with one attached hydrogen (secondary N) is 1. The van der Waals surface area contributed by atoms with Gasteiger partial charge >= 0.3 is 0 Å². The first kappa shape index (κ1) is 16.3. The molecule has 0 aliphatic carbocycles. The van der Waals surface area contributed by atoms with Crippen LogP contribution in [-0.4, -0.2) is 42.9 Å². The first-order valence-corrected chi connectivity index (χ1v) is 9.38. The fourth-order valence-corrected chi connectivity index (χ4v) is 3.85. The third-order valence-electron chi connectivity index (χ3n) is 3.47. The largest absolute Gasteiger partial charge is 0.378 e. The fraction of sp³-hybridized carbons (Fsp3) is 0.375. The number of nitrogens with zero attached hydrogens (tertiary/aromatic N) is 2. The Labute approximate surface area is 144 Å². The average Bonchev–Trinajstić information content (AvgIpc) is 3.13. The topological polar surface area (TPSA) is 54.5 Å². The molecule has 2 aromatic rings. The highest BCUT2D eigenvalue weighted by atomic mass is 32.2. The minimum absolute atomic E-state index is 0.0423. The van der Waals surface area contributed by atoms with Gasteiger partial charge in [0, 0.05) is 25.8 Å². The second-order valence-corrected chi connectivity index (χ2v) is 7.34. The molecule has 0 radical (unpaired) electrons. The normalized spacial score (nSPS) is 14.7. The maximum atomic E-state index is 11.9. The predicted molar refractivity (Wildman–Crippen MR) is 94.2 cm³/mol. The first-order chi connectivity index (χ1) is 11.3. The number of amides is 1. The maximum Gasteiger partial charge on any atom is 0.230 e. The fourth-order valence-electron chi connectivity index (χ4n) is 2.23. The van der Waals surface area contributed by atoms with Crippen LogP contribution in [0.4, 0.5) is 5.82 Å². The lowest BCUT2D eigenvalue weighted by Gasteiger charge is -2.27. The molecule has 1 N–H and O–H groups in total. The van der Waals surface area contributed by atoms with Crippen molar-refractivity contribution in [3.63, 3.8) is 0 Å². The molecule has 5 nitrogen and oxygen atoms in total. The molecule has 122 valence electrons. The second-order valence-electron chi connectivity index (χ2n) is 5.12. The molecule has 0 spiro atoms. The molecule has 1 fully saturated rings. The molecule has 0 saturated carbocycles. The van der Waals surface area contributed by atoms with Crippen LogP contribution in [-0.2, 0) is 16.1 Å². The number of carbonyl (C=O) groups is 1. The summed E-state index contributed by atoms with van der Waals surface area (Å²) in [6, 6.07) is 8.04. The molecule has 0 unspecified atom stereocenters. The van der Waals surface area contributed by atoms with Gasteiger partial charge in [0.1, 0.15) is 5.82 Å². The van der Waals surface area contributed by atoms with Crippen molar-refractivity contribution in [3.05, 3.63) is 41.4 Å². The summed E-state index contributed by atoms with van der Waals surface area (Å²) in [6.07, 6.45) is 1.83. The smallest absolute Gasteiger partial charge is 0.230 e. The summed E-state index contributed by atoms with van der Waals surface area (Å²) < 4.78 is 6.50. The Hall–Kier alpha value is -1.57. The van der Waals surface area contributed by atoms with Gasteiger partial charge in [-0.25, -0.2) is 4.98 Å². The maximum absolute atomic E-state index is 11.9. The van der Waals surface area contributed by atoms with Crippen molar-refractivity contribution in [2.45, 2.75) is 10.8 Å². The van der Waals surface area contributed by atoms with Crippen LogP contribution in [0.2, 0.25) is 0 Å². The Bertz CT molecular complexity index is 611. The molecule has 1 amide bonds. The van der Waals surface area contributed by atoms with Crippen molar-refractivity contribution in [3.8, 4) is 0 Å². The van der Waals surface area contributed by atoms with Crippen LogP contribution in [0.25, 0.3) is 0 Å². The highest BCUT2D eigenvalue weighted by Crippen LogP contribution is 2.22. The van der Waals surface area contributed by atoms with Gasteiger partial charge in [-0.3, -0.25) is 4.79 Å². The van der Waals surface area contributed by atoms with E-state index in [0.717, 1.165) is 41.9 Å². The third kappa shape index (κ3) is 4.95. The van der Waals surface area contributed by atoms with Crippen molar-refractivity contribution in [2.24, 2.45) is 0 Å². The summed E-state index contributed by atoms with van der Waals surface area (Å²) in [5, 5.41) is 4.95. The van der Waals surface area contributed by atoms with Crippen molar-refractivity contribution >= 4 is 34.8 Å². The van der Waals surface area contributed by atoms with E-state index < -0.39 is 0 Å². The number of aromatic nitrogens is 1. The second kappa shape index (κ2) is 8.33. The molecule has 1 saturated heterocycles. The van der Waals surface area contributed by atoms with Gasteiger partial charge < -0.3 is 15.0 Å². The summed E-state index contributed by atoms with van der Waals surface area (Å²) in [6.45, 7) is 3.77. The Morgan fingerprint density at radius 3 is 2.91 bits per heavy atom. The van der Waals surface area contributed by atoms with Crippen molar-refractivity contribution in [1.29, 1.82) is 0 Å². The summed E-state index contributed by atoms with van der Waals surface area (Å²) in [5.41, 5.74) is 1.01. The van der Waals surface area contributed by atoms with Gasteiger partial charge in [0.25, 0.3) is 0 Å². The van der Waals surface area contributed by atoms with Gasteiger partial charge in [0.05, 0.1) is 23.2 Å². The Morgan fingerprint density at radius 1 is 1.35 bits per heavy atom. The number of rotatable bonds is 6. The zero-order valence-corrected chi connectivity index (χ0v) is 14.4. The molecule has 0 aromatic carbocycles. The molecule has 0 bridgehead atoms. The molecule has 1 aliphatic rings.